The molecule has 0 aliphatic carbocycles. The molecule has 0 aromatic rings. The molecule has 0 aromatic carbocycles. The van der Waals surface area contributed by atoms with E-state index in [4.69, 9.17) is 10.00 Å². The Bertz CT molecular complexity index is 215. The van der Waals surface area contributed by atoms with E-state index in [1.165, 1.54) is 0 Å². The summed E-state index contributed by atoms with van der Waals surface area (Å²) in [7, 11) is 0. The monoisotopic (exact) mass is 212 g/mol. The van der Waals surface area contributed by atoms with Crippen molar-refractivity contribution in [1.29, 1.82) is 5.26 Å². The summed E-state index contributed by atoms with van der Waals surface area (Å²) in [6, 6.07) is 2.31. The molecule has 88 valence electrons. The summed E-state index contributed by atoms with van der Waals surface area (Å²) in [6.07, 6.45) is 1.74. The zero-order chi connectivity index (χ0) is 11.9. The third kappa shape index (κ3) is 7.35. The lowest BCUT2D eigenvalue weighted by molar-refractivity contribution is -0.00598. The van der Waals surface area contributed by atoms with Crippen LogP contribution in [0, 0.1) is 11.3 Å². The fraction of sp³-hybridized carbons (Fsp3) is 0.917. The van der Waals surface area contributed by atoms with Crippen molar-refractivity contribution < 1.29 is 4.74 Å². The lowest BCUT2D eigenvalue weighted by Gasteiger charge is -2.24. The average molecular weight is 212 g/mol. The van der Waals surface area contributed by atoms with Crippen molar-refractivity contribution >= 4 is 0 Å². The second-order valence-corrected chi connectivity index (χ2v) is 5.04. The minimum absolute atomic E-state index is 0.0821. The van der Waals surface area contributed by atoms with Gasteiger partial charge in [-0.1, -0.05) is 6.92 Å². The van der Waals surface area contributed by atoms with Crippen LogP contribution in [0.15, 0.2) is 0 Å². The van der Waals surface area contributed by atoms with Crippen molar-refractivity contribution in [1.82, 2.24) is 5.32 Å². The van der Waals surface area contributed by atoms with Crippen LogP contribution in [0.2, 0.25) is 0 Å². The van der Waals surface area contributed by atoms with Gasteiger partial charge in [-0.15, -0.1) is 0 Å². The van der Waals surface area contributed by atoms with E-state index in [1.54, 1.807) is 0 Å². The van der Waals surface area contributed by atoms with Gasteiger partial charge in [-0.05, 0) is 47.1 Å². The van der Waals surface area contributed by atoms with Crippen molar-refractivity contribution in [2.45, 2.75) is 58.6 Å². The van der Waals surface area contributed by atoms with Crippen LogP contribution >= 0.6 is 0 Å². The van der Waals surface area contributed by atoms with E-state index in [9.17, 15) is 0 Å². The number of hydrogen-bond donors (Lipinski definition) is 1. The first-order valence-corrected chi connectivity index (χ1v) is 5.63. The number of ether oxygens (including phenoxy) is 1. The normalized spacial score (nSPS) is 15.7. The van der Waals surface area contributed by atoms with Gasteiger partial charge in [0, 0.05) is 6.61 Å². The van der Waals surface area contributed by atoms with Gasteiger partial charge in [0.2, 0.25) is 0 Å². The molecule has 3 nitrogen and oxygen atoms in total. The molecular weight excluding hydrogens is 188 g/mol. The van der Waals surface area contributed by atoms with Gasteiger partial charge in [-0.25, -0.2) is 0 Å². The summed E-state index contributed by atoms with van der Waals surface area (Å²) in [4.78, 5) is 0. The highest BCUT2D eigenvalue weighted by Crippen LogP contribution is 2.13. The summed E-state index contributed by atoms with van der Waals surface area (Å²) in [6.45, 7) is 11.6. The summed E-state index contributed by atoms with van der Waals surface area (Å²) >= 11 is 0. The highest BCUT2D eigenvalue weighted by Gasteiger charge is 2.21. The molecule has 0 aromatic heterocycles. The zero-order valence-electron chi connectivity index (χ0n) is 10.7. The van der Waals surface area contributed by atoms with Gasteiger partial charge in [0.15, 0.2) is 0 Å². The van der Waals surface area contributed by atoms with Crippen LogP contribution < -0.4 is 5.32 Å². The molecule has 0 aliphatic heterocycles. The van der Waals surface area contributed by atoms with Gasteiger partial charge in [0.05, 0.1) is 11.7 Å². The standard InChI is InChI=1S/C12H24N2O/c1-6-14-12(5,10-13)8-7-9-15-11(2,3)4/h14H,6-9H2,1-5H3. The summed E-state index contributed by atoms with van der Waals surface area (Å²) in [5, 5.41) is 12.2. The van der Waals surface area contributed by atoms with Crippen molar-refractivity contribution in [3.05, 3.63) is 0 Å². The summed E-state index contributed by atoms with van der Waals surface area (Å²) in [5.74, 6) is 0. The topological polar surface area (TPSA) is 45.0 Å². The predicted molar refractivity (Wildman–Crippen MR) is 62.6 cm³/mol. The molecule has 0 rings (SSSR count). The molecular formula is C12H24N2O. The first-order chi connectivity index (χ1) is 6.83. The molecule has 0 spiro atoms. The smallest absolute Gasteiger partial charge is 0.104 e. The molecule has 3 heteroatoms. The number of nitrogens with zero attached hydrogens (tertiary/aromatic N) is 1. The predicted octanol–water partition coefficient (Wildman–Crippen LogP) is 2.47. The number of hydrogen-bond acceptors (Lipinski definition) is 3. The maximum absolute atomic E-state index is 9.02. The van der Waals surface area contributed by atoms with Crippen LogP contribution in [-0.2, 0) is 4.74 Å². The van der Waals surface area contributed by atoms with Gasteiger partial charge in [-0.2, -0.15) is 5.26 Å². The van der Waals surface area contributed by atoms with Crippen LogP contribution in [0.25, 0.3) is 0 Å². The molecule has 0 radical (unpaired) electrons. The van der Waals surface area contributed by atoms with Crippen LogP contribution in [0.4, 0.5) is 0 Å². The lowest BCUT2D eigenvalue weighted by Crippen LogP contribution is -2.41. The number of nitrogens with one attached hydrogen (secondary N) is 1. The second kappa shape index (κ2) is 6.09. The zero-order valence-corrected chi connectivity index (χ0v) is 10.7. The second-order valence-electron chi connectivity index (χ2n) is 5.04. The Labute approximate surface area is 93.8 Å². The molecule has 0 amide bonds. The Morgan fingerprint density at radius 3 is 2.27 bits per heavy atom. The Morgan fingerprint density at radius 1 is 1.27 bits per heavy atom. The van der Waals surface area contributed by atoms with Gasteiger partial charge in [0.1, 0.15) is 5.54 Å². The Balaban J connectivity index is 3.79. The van der Waals surface area contributed by atoms with Gasteiger partial charge in [-0.3, -0.25) is 5.32 Å². The lowest BCUT2D eigenvalue weighted by atomic mass is 9.98. The number of nitriles is 1. The Hall–Kier alpha value is -0.590. The fourth-order valence-corrected chi connectivity index (χ4v) is 1.38. The van der Waals surface area contributed by atoms with Crippen molar-refractivity contribution in [3.63, 3.8) is 0 Å². The Kier molecular flexibility index (Phi) is 5.85. The first kappa shape index (κ1) is 14.4. The van der Waals surface area contributed by atoms with Crippen LogP contribution in [0.3, 0.4) is 0 Å². The number of rotatable bonds is 6. The first-order valence-electron chi connectivity index (χ1n) is 5.63. The van der Waals surface area contributed by atoms with E-state index >= 15 is 0 Å². The van der Waals surface area contributed by atoms with E-state index in [2.05, 4.69) is 11.4 Å². The minimum atomic E-state index is -0.407. The molecule has 0 heterocycles. The third-order valence-electron chi connectivity index (χ3n) is 2.17. The molecule has 0 aliphatic rings. The molecule has 0 saturated carbocycles. The van der Waals surface area contributed by atoms with E-state index in [1.807, 2.05) is 34.6 Å². The van der Waals surface area contributed by atoms with Gasteiger partial charge >= 0.3 is 0 Å². The molecule has 1 unspecified atom stereocenters. The van der Waals surface area contributed by atoms with E-state index in [0.29, 0.717) is 6.61 Å². The molecule has 0 saturated heterocycles. The summed E-state index contributed by atoms with van der Waals surface area (Å²) < 4.78 is 5.61. The van der Waals surface area contributed by atoms with E-state index in [0.717, 1.165) is 19.4 Å². The molecule has 1 N–H and O–H groups in total. The van der Waals surface area contributed by atoms with Crippen molar-refractivity contribution in [2.24, 2.45) is 0 Å². The minimum Gasteiger partial charge on any atom is -0.376 e. The fourth-order valence-electron chi connectivity index (χ4n) is 1.38. The van der Waals surface area contributed by atoms with Crippen molar-refractivity contribution in [2.75, 3.05) is 13.2 Å². The Morgan fingerprint density at radius 2 is 1.87 bits per heavy atom. The highest BCUT2D eigenvalue weighted by molar-refractivity contribution is 5.03. The molecule has 1 atom stereocenters. The highest BCUT2D eigenvalue weighted by atomic mass is 16.5. The van der Waals surface area contributed by atoms with E-state index < -0.39 is 5.54 Å². The van der Waals surface area contributed by atoms with Crippen LogP contribution in [0.1, 0.15) is 47.5 Å². The third-order valence-corrected chi connectivity index (χ3v) is 2.17. The average Bonchev–Trinajstić information content (AvgIpc) is 2.12. The maximum Gasteiger partial charge on any atom is 0.104 e. The quantitative estimate of drug-likeness (QED) is 0.688. The SMILES string of the molecule is CCNC(C)(C#N)CCCOC(C)(C)C. The maximum atomic E-state index is 9.02. The van der Waals surface area contributed by atoms with Gasteiger partial charge < -0.3 is 4.74 Å². The molecule has 15 heavy (non-hydrogen) atoms. The molecule has 0 bridgehead atoms. The molecule has 0 fully saturated rings. The van der Waals surface area contributed by atoms with Gasteiger partial charge in [0.25, 0.3) is 0 Å². The summed E-state index contributed by atoms with van der Waals surface area (Å²) in [5.41, 5.74) is -0.489. The van der Waals surface area contributed by atoms with Crippen LogP contribution in [-0.4, -0.2) is 24.3 Å². The van der Waals surface area contributed by atoms with E-state index in [-0.39, 0.29) is 5.60 Å². The van der Waals surface area contributed by atoms with Crippen LogP contribution in [0.5, 0.6) is 0 Å². The van der Waals surface area contributed by atoms with Crippen molar-refractivity contribution in [3.8, 4) is 6.07 Å². The largest absolute Gasteiger partial charge is 0.376 e.